The molecule has 0 bridgehead atoms. The third-order valence-corrected chi connectivity index (χ3v) is 6.87. The lowest BCUT2D eigenvalue weighted by Gasteiger charge is -2.35. The van der Waals surface area contributed by atoms with E-state index in [1.54, 1.807) is 22.7 Å². The highest BCUT2D eigenvalue weighted by Crippen LogP contribution is 2.38. The van der Waals surface area contributed by atoms with Crippen LogP contribution < -0.4 is 5.46 Å². The third-order valence-electron chi connectivity index (χ3n) is 6.87. The summed E-state index contributed by atoms with van der Waals surface area (Å²) in [5.74, 6) is -2.96. The minimum absolute atomic E-state index is 0.224. The molecule has 1 saturated carbocycles. The van der Waals surface area contributed by atoms with Crippen molar-refractivity contribution >= 4 is 30.3 Å². The molecule has 2 aromatic carbocycles. The lowest BCUT2D eigenvalue weighted by molar-refractivity contribution is -0.467. The average Bonchev–Trinajstić information content (AvgIpc) is 3.02. The summed E-state index contributed by atoms with van der Waals surface area (Å²) in [6, 6.07) is 9.84. The first-order valence-corrected chi connectivity index (χ1v) is 10.7. The molecule has 31 heavy (non-hydrogen) atoms. The fourth-order valence-corrected chi connectivity index (χ4v) is 5.19. The molecule has 0 amide bonds. The maximum Gasteiger partial charge on any atom is 0.684 e. The fraction of sp³-hybridized carbons (Fsp3) is 0.348. The van der Waals surface area contributed by atoms with Gasteiger partial charge in [0, 0.05) is 11.1 Å². The Hall–Kier alpha value is -3.03. The molecule has 3 atom stereocenters. The zero-order valence-electron chi connectivity index (χ0n) is 17.1. The molecule has 1 saturated heterocycles. The zero-order valence-corrected chi connectivity index (χ0v) is 17.1. The Morgan fingerprint density at radius 2 is 1.58 bits per heavy atom. The van der Waals surface area contributed by atoms with E-state index < -0.39 is 42.3 Å². The Morgan fingerprint density at radius 1 is 0.968 bits per heavy atom. The van der Waals surface area contributed by atoms with Crippen LogP contribution in [0.25, 0.3) is 0 Å². The van der Waals surface area contributed by atoms with Crippen LogP contribution in [0, 0.1) is 23.5 Å². The van der Waals surface area contributed by atoms with Crippen LogP contribution in [0.15, 0.2) is 42.5 Å². The van der Waals surface area contributed by atoms with Crippen molar-refractivity contribution in [2.45, 2.75) is 38.6 Å². The van der Waals surface area contributed by atoms with Crippen LogP contribution >= 0.6 is 0 Å². The van der Waals surface area contributed by atoms with E-state index in [-0.39, 0.29) is 11.4 Å². The number of nitrogens with zero attached hydrogens (tertiary/aromatic N) is 1. The molecule has 5 rings (SSSR count). The molecule has 0 N–H and O–H groups in total. The summed E-state index contributed by atoms with van der Waals surface area (Å²) in [4.78, 5) is 26.4. The van der Waals surface area contributed by atoms with Gasteiger partial charge in [-0.2, -0.15) is 0 Å². The van der Waals surface area contributed by atoms with Crippen molar-refractivity contribution in [3.05, 3.63) is 65.2 Å². The second kappa shape index (κ2) is 7.29. The van der Waals surface area contributed by atoms with Crippen molar-refractivity contribution in [3.8, 4) is 0 Å². The lowest BCUT2D eigenvalue weighted by atomic mass is 9.62. The molecule has 0 aromatic heterocycles. The minimum Gasteiger partial charge on any atom is -0.592 e. The average molecular weight is 425 g/mol. The van der Waals surface area contributed by atoms with E-state index in [4.69, 9.17) is 9.31 Å². The molecular weight excluding hydrogens is 403 g/mol. The minimum atomic E-state index is -2.79. The first-order valence-electron chi connectivity index (χ1n) is 10.7. The van der Waals surface area contributed by atoms with Gasteiger partial charge in [-0.05, 0) is 55.6 Å². The molecule has 2 heterocycles. The van der Waals surface area contributed by atoms with Gasteiger partial charge in [0.2, 0.25) is 0 Å². The van der Waals surface area contributed by atoms with Gasteiger partial charge in [0.05, 0.1) is 11.8 Å². The molecule has 1 unspecified atom stereocenters. The number of halogens is 2. The van der Waals surface area contributed by atoms with Crippen molar-refractivity contribution < 1.29 is 32.2 Å². The van der Waals surface area contributed by atoms with Gasteiger partial charge >= 0.3 is 6.69 Å². The summed E-state index contributed by atoms with van der Waals surface area (Å²) in [5, 5.41) is 0. The van der Waals surface area contributed by atoms with Gasteiger partial charge in [-0.1, -0.05) is 25.0 Å². The van der Waals surface area contributed by atoms with Gasteiger partial charge in [-0.25, -0.2) is 8.78 Å². The van der Waals surface area contributed by atoms with Crippen LogP contribution in [-0.4, -0.2) is 29.3 Å². The molecule has 1 aliphatic carbocycles. The molecule has 2 fully saturated rings. The molecule has 160 valence electrons. The monoisotopic (exact) mass is 425 g/mol. The molecular formula is C23H22BF2NO4. The van der Waals surface area contributed by atoms with E-state index in [9.17, 15) is 18.4 Å². The van der Waals surface area contributed by atoms with E-state index in [0.717, 1.165) is 12.8 Å². The summed E-state index contributed by atoms with van der Waals surface area (Å²) in [5.41, 5.74) is 1.26. The second-order valence-corrected chi connectivity index (χ2v) is 8.59. The highest BCUT2D eigenvalue weighted by Gasteiger charge is 2.61. The van der Waals surface area contributed by atoms with Crippen molar-refractivity contribution in [1.82, 2.24) is 0 Å². The van der Waals surface area contributed by atoms with Crippen molar-refractivity contribution in [2.24, 2.45) is 11.8 Å². The van der Waals surface area contributed by atoms with Crippen molar-refractivity contribution in [3.63, 3.8) is 0 Å². The molecule has 1 spiro atoms. The Morgan fingerprint density at radius 3 is 2.19 bits per heavy atom. The van der Waals surface area contributed by atoms with Crippen LogP contribution in [0.2, 0.25) is 0 Å². The Bertz CT molecular complexity index is 1080. The number of hydrogen-bond acceptors (Lipinski definition) is 4. The molecule has 0 radical (unpaired) electrons. The Labute approximate surface area is 178 Å². The standard InChI is InChI=1S/C23H22BF2NO4/c1-14(15-9-11-16(25)12-10-15)27-13-19-20(7-4-8-21(19)26)24(27)30-22(28)17-5-2-3-6-18(17)23(29)31-24/h4,7-14,17-18H,2-3,5-6H2,1H3/t14?,17-,18-/m1/s1. The Balaban J connectivity index is 1.66. The molecule has 8 heteroatoms. The SMILES string of the molecule is CC(c1ccc(F)cc1)[N+]1=Cc2c(F)cccc2[B-]12OC(=O)[C@@H]1CCCC[C@H]1C(=O)O2. The highest BCUT2D eigenvalue weighted by atomic mass is 19.1. The number of carbonyl (C=O) groups excluding carboxylic acids is 2. The van der Waals surface area contributed by atoms with Crippen LogP contribution in [-0.2, 0) is 18.9 Å². The van der Waals surface area contributed by atoms with E-state index in [0.29, 0.717) is 23.9 Å². The van der Waals surface area contributed by atoms with Gasteiger partial charge < -0.3 is 13.8 Å². The number of hydrogen-bond donors (Lipinski definition) is 0. The maximum atomic E-state index is 14.7. The van der Waals surface area contributed by atoms with Crippen molar-refractivity contribution in [2.75, 3.05) is 0 Å². The highest BCUT2D eigenvalue weighted by molar-refractivity contribution is 6.79. The van der Waals surface area contributed by atoms with Gasteiger partial charge in [0.15, 0.2) is 0 Å². The summed E-state index contributed by atoms with van der Waals surface area (Å²) >= 11 is 0. The van der Waals surface area contributed by atoms with Crippen LogP contribution in [0.1, 0.15) is 49.8 Å². The van der Waals surface area contributed by atoms with Gasteiger partial charge in [0.25, 0.3) is 11.9 Å². The van der Waals surface area contributed by atoms with E-state index in [1.165, 1.54) is 30.5 Å². The van der Waals surface area contributed by atoms with Gasteiger partial charge in [0.1, 0.15) is 23.9 Å². The fourth-order valence-electron chi connectivity index (χ4n) is 5.19. The first kappa shape index (κ1) is 19.9. The molecule has 2 aliphatic heterocycles. The normalized spacial score (nSPS) is 25.1. The molecule has 5 nitrogen and oxygen atoms in total. The quantitative estimate of drug-likeness (QED) is 0.694. The summed E-state index contributed by atoms with van der Waals surface area (Å²) in [6.45, 7) is -0.978. The Kier molecular flexibility index (Phi) is 4.68. The first-order chi connectivity index (χ1) is 14.9. The largest absolute Gasteiger partial charge is 0.684 e. The maximum absolute atomic E-state index is 14.7. The third kappa shape index (κ3) is 3.07. The summed E-state index contributed by atoms with van der Waals surface area (Å²) in [7, 11) is 0. The lowest BCUT2D eigenvalue weighted by Crippen LogP contribution is -2.62. The summed E-state index contributed by atoms with van der Waals surface area (Å²) < 4.78 is 41.8. The van der Waals surface area contributed by atoms with E-state index in [1.807, 2.05) is 6.92 Å². The van der Waals surface area contributed by atoms with Crippen LogP contribution in [0.5, 0.6) is 0 Å². The van der Waals surface area contributed by atoms with Crippen molar-refractivity contribution in [1.29, 1.82) is 0 Å². The van der Waals surface area contributed by atoms with Gasteiger partial charge in [-0.15, -0.1) is 0 Å². The number of benzene rings is 2. The van der Waals surface area contributed by atoms with E-state index in [2.05, 4.69) is 0 Å². The van der Waals surface area contributed by atoms with Crippen LogP contribution in [0.4, 0.5) is 8.78 Å². The van der Waals surface area contributed by atoms with Gasteiger partial charge in [-0.3, -0.25) is 9.59 Å². The second-order valence-electron chi connectivity index (χ2n) is 8.59. The van der Waals surface area contributed by atoms with Crippen LogP contribution in [0.3, 0.4) is 0 Å². The predicted octanol–water partition coefficient (Wildman–Crippen LogP) is 3.22. The number of carbonyl (C=O) groups is 2. The molecule has 3 aliphatic rings. The van der Waals surface area contributed by atoms with E-state index >= 15 is 0 Å². The number of rotatable bonds is 2. The molecule has 2 aromatic rings. The topological polar surface area (TPSA) is 55.6 Å². The zero-order chi connectivity index (χ0) is 21.8. The number of fused-ring (bicyclic) bond motifs is 3. The predicted molar refractivity (Wildman–Crippen MR) is 110 cm³/mol. The smallest absolute Gasteiger partial charge is 0.592 e. The summed E-state index contributed by atoms with van der Waals surface area (Å²) in [6.07, 6.45) is 4.36.